The molecule has 0 bridgehead atoms. The number of ether oxygens (including phenoxy) is 1. The van der Waals surface area contributed by atoms with Crippen molar-refractivity contribution in [2.45, 2.75) is 13.8 Å². The van der Waals surface area contributed by atoms with Gasteiger partial charge >= 0.3 is 0 Å². The standard InChI is InChI=1S/C12H12BrN3O/c1-7-8(2)15-16-12(14-7)9-4-5-11(17-3)10(13)6-9/h4-6H,1-3H3. The zero-order valence-corrected chi connectivity index (χ0v) is 11.4. The van der Waals surface area contributed by atoms with Gasteiger partial charge in [0, 0.05) is 5.56 Å². The van der Waals surface area contributed by atoms with Crippen LogP contribution in [0, 0.1) is 13.8 Å². The van der Waals surface area contributed by atoms with Gasteiger partial charge in [-0.2, -0.15) is 5.10 Å². The molecule has 0 spiro atoms. The molecule has 0 radical (unpaired) electrons. The normalized spacial score (nSPS) is 10.4. The highest BCUT2D eigenvalue weighted by molar-refractivity contribution is 9.10. The van der Waals surface area contributed by atoms with Crippen LogP contribution in [0.4, 0.5) is 0 Å². The summed E-state index contributed by atoms with van der Waals surface area (Å²) < 4.78 is 6.05. The van der Waals surface area contributed by atoms with Gasteiger partial charge in [-0.05, 0) is 48.0 Å². The minimum Gasteiger partial charge on any atom is -0.496 e. The largest absolute Gasteiger partial charge is 0.496 e. The predicted octanol–water partition coefficient (Wildman–Crippen LogP) is 2.93. The fourth-order valence-corrected chi connectivity index (χ4v) is 1.93. The first kappa shape index (κ1) is 12.0. The van der Waals surface area contributed by atoms with Crippen LogP contribution in [0.5, 0.6) is 5.75 Å². The summed E-state index contributed by atoms with van der Waals surface area (Å²) in [4.78, 5) is 4.40. The van der Waals surface area contributed by atoms with Gasteiger partial charge in [0.05, 0.1) is 23.0 Å². The van der Waals surface area contributed by atoms with Crippen molar-refractivity contribution in [1.82, 2.24) is 15.2 Å². The molecule has 17 heavy (non-hydrogen) atoms. The van der Waals surface area contributed by atoms with Crippen molar-refractivity contribution in [3.63, 3.8) is 0 Å². The second-order valence-electron chi connectivity index (χ2n) is 3.66. The maximum atomic E-state index is 5.18. The average molecular weight is 294 g/mol. The van der Waals surface area contributed by atoms with Crippen LogP contribution >= 0.6 is 15.9 Å². The zero-order valence-electron chi connectivity index (χ0n) is 9.86. The van der Waals surface area contributed by atoms with Crippen molar-refractivity contribution in [1.29, 1.82) is 0 Å². The molecule has 88 valence electrons. The summed E-state index contributed by atoms with van der Waals surface area (Å²) >= 11 is 3.44. The number of benzene rings is 1. The van der Waals surface area contributed by atoms with E-state index in [9.17, 15) is 0 Å². The Kier molecular flexibility index (Phi) is 3.38. The molecule has 0 saturated heterocycles. The maximum Gasteiger partial charge on any atom is 0.182 e. The highest BCUT2D eigenvalue weighted by Gasteiger charge is 2.07. The highest BCUT2D eigenvalue weighted by Crippen LogP contribution is 2.28. The quantitative estimate of drug-likeness (QED) is 0.854. The van der Waals surface area contributed by atoms with Crippen molar-refractivity contribution in [3.05, 3.63) is 34.1 Å². The summed E-state index contributed by atoms with van der Waals surface area (Å²) in [6, 6.07) is 5.71. The number of halogens is 1. The van der Waals surface area contributed by atoms with Crippen LogP contribution in [0.2, 0.25) is 0 Å². The van der Waals surface area contributed by atoms with E-state index >= 15 is 0 Å². The van der Waals surface area contributed by atoms with E-state index in [0.717, 1.165) is 27.2 Å². The van der Waals surface area contributed by atoms with Crippen LogP contribution in [0.3, 0.4) is 0 Å². The molecule has 0 amide bonds. The Bertz CT molecular complexity index is 557. The predicted molar refractivity (Wildman–Crippen MR) is 69.0 cm³/mol. The number of hydrogen-bond acceptors (Lipinski definition) is 4. The van der Waals surface area contributed by atoms with E-state index in [4.69, 9.17) is 4.74 Å². The Hall–Kier alpha value is -1.49. The van der Waals surface area contributed by atoms with Crippen molar-refractivity contribution in [3.8, 4) is 17.1 Å². The topological polar surface area (TPSA) is 47.9 Å². The van der Waals surface area contributed by atoms with Gasteiger partial charge in [0.15, 0.2) is 5.82 Å². The summed E-state index contributed by atoms with van der Waals surface area (Å²) in [5.74, 6) is 1.40. The second kappa shape index (κ2) is 4.79. The first-order valence-electron chi connectivity index (χ1n) is 5.13. The number of nitrogens with zero attached hydrogens (tertiary/aromatic N) is 3. The Morgan fingerprint density at radius 3 is 2.47 bits per heavy atom. The summed E-state index contributed by atoms with van der Waals surface area (Å²) in [5, 5.41) is 8.15. The number of aryl methyl sites for hydroxylation is 2. The number of aromatic nitrogens is 3. The first-order valence-corrected chi connectivity index (χ1v) is 5.93. The lowest BCUT2D eigenvalue weighted by Crippen LogP contribution is -1.98. The summed E-state index contributed by atoms with van der Waals surface area (Å²) in [6.45, 7) is 3.81. The second-order valence-corrected chi connectivity index (χ2v) is 4.51. The minimum atomic E-state index is 0.622. The van der Waals surface area contributed by atoms with Crippen LogP contribution in [0.15, 0.2) is 22.7 Å². The minimum absolute atomic E-state index is 0.622. The lowest BCUT2D eigenvalue weighted by molar-refractivity contribution is 0.412. The molecule has 0 aliphatic heterocycles. The third-order valence-corrected chi connectivity index (χ3v) is 3.12. The number of rotatable bonds is 2. The van der Waals surface area contributed by atoms with E-state index in [-0.39, 0.29) is 0 Å². The molecular weight excluding hydrogens is 282 g/mol. The molecule has 0 atom stereocenters. The Balaban J connectivity index is 2.46. The lowest BCUT2D eigenvalue weighted by atomic mass is 10.2. The molecule has 2 aromatic rings. The smallest absolute Gasteiger partial charge is 0.182 e. The number of hydrogen-bond donors (Lipinski definition) is 0. The molecule has 0 aliphatic rings. The van der Waals surface area contributed by atoms with E-state index in [1.54, 1.807) is 7.11 Å². The van der Waals surface area contributed by atoms with Crippen molar-refractivity contribution >= 4 is 15.9 Å². The van der Waals surface area contributed by atoms with E-state index < -0.39 is 0 Å². The Morgan fingerprint density at radius 2 is 1.88 bits per heavy atom. The van der Waals surface area contributed by atoms with E-state index in [2.05, 4.69) is 31.1 Å². The number of methoxy groups -OCH3 is 1. The highest BCUT2D eigenvalue weighted by atomic mass is 79.9. The monoisotopic (exact) mass is 293 g/mol. The maximum absolute atomic E-state index is 5.18. The fourth-order valence-electron chi connectivity index (χ4n) is 1.38. The van der Waals surface area contributed by atoms with Crippen LogP contribution in [-0.2, 0) is 0 Å². The van der Waals surface area contributed by atoms with E-state index in [1.807, 2.05) is 32.0 Å². The van der Waals surface area contributed by atoms with Gasteiger partial charge in [-0.1, -0.05) is 0 Å². The average Bonchev–Trinajstić information content (AvgIpc) is 2.32. The van der Waals surface area contributed by atoms with Gasteiger partial charge in [0.25, 0.3) is 0 Å². The Labute approximate surface area is 108 Å². The van der Waals surface area contributed by atoms with Crippen molar-refractivity contribution in [2.75, 3.05) is 7.11 Å². The third-order valence-electron chi connectivity index (χ3n) is 2.50. The molecule has 1 aromatic carbocycles. The van der Waals surface area contributed by atoms with Gasteiger partial charge in [-0.3, -0.25) is 0 Å². The Morgan fingerprint density at radius 1 is 1.12 bits per heavy atom. The summed E-state index contributed by atoms with van der Waals surface area (Å²) in [5.41, 5.74) is 2.65. The zero-order chi connectivity index (χ0) is 12.4. The molecule has 5 heteroatoms. The summed E-state index contributed by atoms with van der Waals surface area (Å²) in [6.07, 6.45) is 0. The SMILES string of the molecule is COc1ccc(-c2nnc(C)c(C)n2)cc1Br. The molecule has 0 unspecified atom stereocenters. The molecule has 0 saturated carbocycles. The lowest BCUT2D eigenvalue weighted by Gasteiger charge is -2.06. The third kappa shape index (κ3) is 2.44. The molecule has 0 fully saturated rings. The molecule has 0 N–H and O–H groups in total. The van der Waals surface area contributed by atoms with Crippen molar-refractivity contribution < 1.29 is 4.74 Å². The molecule has 0 aliphatic carbocycles. The van der Waals surface area contributed by atoms with Crippen molar-refractivity contribution in [2.24, 2.45) is 0 Å². The van der Waals surface area contributed by atoms with Gasteiger partial charge in [0.1, 0.15) is 5.75 Å². The molecule has 1 aromatic heterocycles. The fraction of sp³-hybridized carbons (Fsp3) is 0.250. The van der Waals surface area contributed by atoms with Crippen LogP contribution in [-0.4, -0.2) is 22.3 Å². The molecule has 4 nitrogen and oxygen atoms in total. The van der Waals surface area contributed by atoms with Crippen LogP contribution < -0.4 is 4.74 Å². The molecule has 1 heterocycles. The van der Waals surface area contributed by atoms with Gasteiger partial charge < -0.3 is 4.74 Å². The first-order chi connectivity index (χ1) is 8.11. The van der Waals surface area contributed by atoms with Gasteiger partial charge in [-0.15, -0.1) is 5.10 Å². The van der Waals surface area contributed by atoms with Crippen LogP contribution in [0.25, 0.3) is 11.4 Å². The summed E-state index contributed by atoms with van der Waals surface area (Å²) in [7, 11) is 1.63. The van der Waals surface area contributed by atoms with E-state index in [0.29, 0.717) is 5.82 Å². The molecule has 2 rings (SSSR count). The van der Waals surface area contributed by atoms with Gasteiger partial charge in [-0.25, -0.2) is 4.98 Å². The molecular formula is C12H12BrN3O. The van der Waals surface area contributed by atoms with Crippen LogP contribution in [0.1, 0.15) is 11.4 Å². The van der Waals surface area contributed by atoms with E-state index in [1.165, 1.54) is 0 Å². The van der Waals surface area contributed by atoms with Gasteiger partial charge in [0.2, 0.25) is 0 Å².